The molecule has 3 N–H and O–H groups in total. The number of hydrogen-bond acceptors (Lipinski definition) is 2. The molecule has 7 heteroatoms. The fraction of sp³-hybridized carbons (Fsp3) is 0.176. The Kier molecular flexibility index (Phi) is 6.24. The highest BCUT2D eigenvalue weighted by molar-refractivity contribution is 14.1. The summed E-state index contributed by atoms with van der Waals surface area (Å²) in [7, 11) is 0. The van der Waals surface area contributed by atoms with E-state index in [4.69, 9.17) is 5.73 Å². The number of carbonyl (C=O) groups excluding carboxylic acids is 2. The molecule has 0 radical (unpaired) electrons. The van der Waals surface area contributed by atoms with E-state index in [1.165, 1.54) is 6.07 Å². The molecule has 4 nitrogen and oxygen atoms in total. The van der Waals surface area contributed by atoms with Crippen molar-refractivity contribution in [3.8, 4) is 0 Å². The third kappa shape index (κ3) is 5.26. The molecular weight excluding hydrogens is 429 g/mol. The van der Waals surface area contributed by atoms with Crippen LogP contribution in [-0.4, -0.2) is 17.9 Å². The van der Waals surface area contributed by atoms with Crippen LogP contribution in [0.1, 0.15) is 11.1 Å². The van der Waals surface area contributed by atoms with Crippen molar-refractivity contribution in [2.45, 2.75) is 18.9 Å². The maximum absolute atomic E-state index is 13.2. The minimum absolute atomic E-state index is 0.173. The number of benzene rings is 2. The van der Waals surface area contributed by atoms with Crippen LogP contribution in [-0.2, 0) is 22.4 Å². The van der Waals surface area contributed by atoms with Gasteiger partial charge in [-0.25, -0.2) is 8.78 Å². The molecule has 0 fully saturated rings. The summed E-state index contributed by atoms with van der Waals surface area (Å²) in [4.78, 5) is 23.6. The smallest absolute Gasteiger partial charge is 0.240 e. The van der Waals surface area contributed by atoms with E-state index in [0.717, 1.165) is 21.3 Å². The minimum atomic E-state index is -1.02. The van der Waals surface area contributed by atoms with Crippen LogP contribution in [0.15, 0.2) is 42.5 Å². The fourth-order valence-corrected chi connectivity index (χ4v) is 2.81. The molecule has 0 spiro atoms. The Hall–Kier alpha value is -2.03. The molecule has 0 unspecified atom stereocenters. The van der Waals surface area contributed by atoms with Gasteiger partial charge in [0.2, 0.25) is 11.8 Å². The first-order chi connectivity index (χ1) is 11.3. The van der Waals surface area contributed by atoms with E-state index < -0.39 is 29.5 Å². The topological polar surface area (TPSA) is 72.2 Å². The highest BCUT2D eigenvalue weighted by Gasteiger charge is 2.19. The predicted molar refractivity (Wildman–Crippen MR) is 94.1 cm³/mol. The van der Waals surface area contributed by atoms with Crippen molar-refractivity contribution in [2.24, 2.45) is 5.73 Å². The van der Waals surface area contributed by atoms with Crippen LogP contribution >= 0.6 is 22.6 Å². The molecule has 0 saturated carbocycles. The van der Waals surface area contributed by atoms with E-state index in [1.807, 2.05) is 24.3 Å². The average molecular weight is 444 g/mol. The summed E-state index contributed by atoms with van der Waals surface area (Å²) in [5, 5.41) is 2.53. The third-order valence-electron chi connectivity index (χ3n) is 3.36. The van der Waals surface area contributed by atoms with Crippen LogP contribution in [0.5, 0.6) is 0 Å². The van der Waals surface area contributed by atoms with Crippen LogP contribution in [0.2, 0.25) is 0 Å². The van der Waals surface area contributed by atoms with Gasteiger partial charge >= 0.3 is 0 Å². The molecule has 0 aliphatic rings. The van der Waals surface area contributed by atoms with Gasteiger partial charge in [-0.2, -0.15) is 0 Å². The van der Waals surface area contributed by atoms with Gasteiger partial charge in [-0.15, -0.1) is 0 Å². The molecule has 1 atom stereocenters. The first-order valence-corrected chi connectivity index (χ1v) is 8.20. The van der Waals surface area contributed by atoms with Crippen molar-refractivity contribution in [3.05, 3.63) is 68.8 Å². The summed E-state index contributed by atoms with van der Waals surface area (Å²) >= 11 is 2.15. The Labute approximate surface area is 151 Å². The monoisotopic (exact) mass is 444 g/mol. The Morgan fingerprint density at radius 1 is 1.08 bits per heavy atom. The molecule has 0 heterocycles. The Bertz CT molecular complexity index is 768. The van der Waals surface area contributed by atoms with Crippen molar-refractivity contribution >= 4 is 34.4 Å². The van der Waals surface area contributed by atoms with Gasteiger partial charge in [-0.1, -0.05) is 18.2 Å². The summed E-state index contributed by atoms with van der Waals surface area (Å²) < 4.78 is 27.1. The highest BCUT2D eigenvalue weighted by atomic mass is 127. The summed E-state index contributed by atoms with van der Waals surface area (Å²) in [6, 6.07) is 9.82. The van der Waals surface area contributed by atoms with E-state index in [1.54, 1.807) is 0 Å². The van der Waals surface area contributed by atoms with Crippen LogP contribution in [0, 0.1) is 15.2 Å². The molecule has 24 heavy (non-hydrogen) atoms. The molecule has 0 bridgehead atoms. The van der Waals surface area contributed by atoms with Crippen molar-refractivity contribution in [2.75, 3.05) is 0 Å². The zero-order valence-corrected chi connectivity index (χ0v) is 14.7. The van der Waals surface area contributed by atoms with Gasteiger partial charge in [-0.05, 0) is 58.0 Å². The lowest BCUT2D eigenvalue weighted by Gasteiger charge is -2.16. The van der Waals surface area contributed by atoms with Gasteiger partial charge in [-0.3, -0.25) is 9.59 Å². The highest BCUT2D eigenvalue weighted by Crippen LogP contribution is 2.11. The normalized spacial score (nSPS) is 11.8. The molecule has 0 aliphatic carbocycles. The molecule has 2 aromatic carbocycles. The Balaban J connectivity index is 2.02. The predicted octanol–water partition coefficient (Wildman–Crippen LogP) is 2.32. The van der Waals surface area contributed by atoms with Gasteiger partial charge < -0.3 is 11.1 Å². The number of rotatable bonds is 6. The summed E-state index contributed by atoms with van der Waals surface area (Å²) in [6.07, 6.45) is 0.0863. The minimum Gasteiger partial charge on any atom is -0.368 e. The lowest BCUT2D eigenvalue weighted by molar-refractivity contribution is -0.127. The average Bonchev–Trinajstić information content (AvgIpc) is 2.50. The quantitative estimate of drug-likeness (QED) is 0.672. The summed E-state index contributed by atoms with van der Waals surface area (Å²) in [6.45, 7) is 0. The lowest BCUT2D eigenvalue weighted by Crippen LogP contribution is -2.46. The van der Waals surface area contributed by atoms with Crippen molar-refractivity contribution < 1.29 is 18.4 Å². The van der Waals surface area contributed by atoms with Gasteiger partial charge in [0.1, 0.15) is 6.04 Å². The second-order valence-corrected chi connectivity index (χ2v) is 6.53. The maximum Gasteiger partial charge on any atom is 0.240 e. The first-order valence-electron chi connectivity index (χ1n) is 7.12. The van der Waals surface area contributed by atoms with Crippen molar-refractivity contribution in [3.63, 3.8) is 0 Å². The number of primary amides is 1. The molecule has 2 amide bonds. The zero-order chi connectivity index (χ0) is 17.7. The molecular formula is C17H15F2IN2O2. The first kappa shape index (κ1) is 18.3. The molecule has 2 aromatic rings. The Morgan fingerprint density at radius 2 is 1.83 bits per heavy atom. The number of halogens is 3. The Morgan fingerprint density at radius 3 is 2.46 bits per heavy atom. The molecule has 0 aliphatic heterocycles. The maximum atomic E-state index is 13.2. The standard InChI is InChI=1S/C17H15F2IN2O2/c18-13-5-4-11(7-14(13)19)9-16(23)22-15(17(21)24)8-10-2-1-3-12(20)6-10/h1-7,15H,8-9H2,(H2,21,24)(H,22,23)/t15-/m1/s1. The number of carbonyl (C=O) groups is 2. The summed E-state index contributed by atoms with van der Waals surface area (Å²) in [5.74, 6) is -3.15. The van der Waals surface area contributed by atoms with Crippen molar-refractivity contribution in [1.82, 2.24) is 5.32 Å². The summed E-state index contributed by atoms with van der Waals surface area (Å²) in [5.41, 5.74) is 6.51. The largest absolute Gasteiger partial charge is 0.368 e. The van der Waals surface area contributed by atoms with Crippen LogP contribution in [0.25, 0.3) is 0 Å². The molecule has 2 rings (SSSR count). The van der Waals surface area contributed by atoms with Gasteiger partial charge in [0.25, 0.3) is 0 Å². The van der Waals surface area contributed by atoms with Crippen LogP contribution < -0.4 is 11.1 Å². The third-order valence-corrected chi connectivity index (χ3v) is 4.03. The van der Waals surface area contributed by atoms with E-state index in [0.29, 0.717) is 5.56 Å². The van der Waals surface area contributed by atoms with E-state index in [-0.39, 0.29) is 12.8 Å². The molecule has 126 valence electrons. The SMILES string of the molecule is NC(=O)[C@@H](Cc1cccc(I)c1)NC(=O)Cc1ccc(F)c(F)c1. The number of nitrogens with one attached hydrogen (secondary N) is 1. The fourth-order valence-electron chi connectivity index (χ4n) is 2.20. The van der Waals surface area contributed by atoms with Gasteiger partial charge in [0.15, 0.2) is 11.6 Å². The number of hydrogen-bond donors (Lipinski definition) is 2. The lowest BCUT2D eigenvalue weighted by atomic mass is 10.0. The van der Waals surface area contributed by atoms with E-state index in [2.05, 4.69) is 27.9 Å². The second-order valence-electron chi connectivity index (χ2n) is 5.28. The van der Waals surface area contributed by atoms with Crippen LogP contribution in [0.4, 0.5) is 8.78 Å². The number of nitrogens with two attached hydrogens (primary N) is 1. The second kappa shape index (κ2) is 8.18. The van der Waals surface area contributed by atoms with E-state index >= 15 is 0 Å². The molecule has 0 aromatic heterocycles. The van der Waals surface area contributed by atoms with Gasteiger partial charge in [0.05, 0.1) is 6.42 Å². The van der Waals surface area contributed by atoms with E-state index in [9.17, 15) is 18.4 Å². The zero-order valence-electron chi connectivity index (χ0n) is 12.6. The number of amides is 2. The van der Waals surface area contributed by atoms with Gasteiger partial charge in [0, 0.05) is 9.99 Å². The molecule has 0 saturated heterocycles. The van der Waals surface area contributed by atoms with Crippen molar-refractivity contribution in [1.29, 1.82) is 0 Å². The van der Waals surface area contributed by atoms with Crippen LogP contribution in [0.3, 0.4) is 0 Å².